The number of hydrogen-bond donors (Lipinski definition) is 1. The van der Waals surface area contributed by atoms with E-state index in [9.17, 15) is 14.4 Å². The summed E-state index contributed by atoms with van der Waals surface area (Å²) in [5.74, 6) is -0.388. The Kier molecular flexibility index (Phi) is 6.34. The Labute approximate surface area is 118 Å². The van der Waals surface area contributed by atoms with Crippen molar-refractivity contribution in [3.05, 3.63) is 29.8 Å². The number of amides is 1. The first-order valence-corrected chi connectivity index (χ1v) is 6.34. The minimum Gasteiger partial charge on any atom is -0.448 e. The Balaban J connectivity index is 2.45. The number of ether oxygens (including phenoxy) is 1. The third kappa shape index (κ3) is 5.76. The fourth-order valence-corrected chi connectivity index (χ4v) is 1.46. The zero-order chi connectivity index (χ0) is 13.4. The summed E-state index contributed by atoms with van der Waals surface area (Å²) in [4.78, 5) is 32.1. The molecular formula is C12H12INO4. The van der Waals surface area contributed by atoms with Gasteiger partial charge in [-0.2, -0.15) is 0 Å². The first kappa shape index (κ1) is 14.6. The summed E-state index contributed by atoms with van der Waals surface area (Å²) in [6, 6.07) is 7.15. The second kappa shape index (κ2) is 7.80. The van der Waals surface area contributed by atoms with Crippen LogP contribution in [0.1, 0.15) is 12.0 Å². The van der Waals surface area contributed by atoms with Gasteiger partial charge >= 0.3 is 3.98 Å². The van der Waals surface area contributed by atoms with Gasteiger partial charge in [-0.25, -0.2) is 4.79 Å². The van der Waals surface area contributed by atoms with E-state index < -0.39 is 3.98 Å². The van der Waals surface area contributed by atoms with Crippen molar-refractivity contribution in [2.24, 2.45) is 0 Å². The van der Waals surface area contributed by atoms with Gasteiger partial charge in [-0.1, -0.05) is 12.1 Å². The lowest BCUT2D eigenvalue weighted by atomic mass is 10.1. The van der Waals surface area contributed by atoms with Crippen molar-refractivity contribution >= 4 is 44.4 Å². The molecule has 0 unspecified atom stereocenters. The fourth-order valence-electron chi connectivity index (χ4n) is 1.30. The van der Waals surface area contributed by atoms with E-state index in [2.05, 4.69) is 10.1 Å². The summed E-state index contributed by atoms with van der Waals surface area (Å²) >= 11 is 1.45. The number of benzene rings is 1. The van der Waals surface area contributed by atoms with Crippen LogP contribution in [0.15, 0.2) is 24.3 Å². The normalized spacial score (nSPS) is 9.61. The number of aryl methyl sites for hydroxylation is 1. The lowest BCUT2D eigenvalue weighted by Gasteiger charge is -2.05. The number of carbonyl (C=O) groups is 3. The van der Waals surface area contributed by atoms with Crippen molar-refractivity contribution in [2.75, 3.05) is 11.9 Å². The number of anilines is 1. The van der Waals surface area contributed by atoms with Gasteiger partial charge in [0, 0.05) is 12.1 Å². The van der Waals surface area contributed by atoms with E-state index in [1.807, 2.05) is 12.1 Å². The van der Waals surface area contributed by atoms with Crippen molar-refractivity contribution in [3.8, 4) is 0 Å². The Morgan fingerprint density at radius 3 is 2.50 bits per heavy atom. The fraction of sp³-hybridized carbons (Fsp3) is 0.250. The molecule has 5 nitrogen and oxygen atoms in total. The maximum Gasteiger partial charge on any atom is 0.367 e. The molecule has 1 rings (SSSR count). The molecule has 1 aromatic rings. The first-order chi connectivity index (χ1) is 8.61. The molecule has 0 atom stereocenters. The summed E-state index contributed by atoms with van der Waals surface area (Å²) in [5.41, 5.74) is 1.65. The molecule has 6 heteroatoms. The summed E-state index contributed by atoms with van der Waals surface area (Å²) in [6.07, 6.45) is 2.04. The Hall–Kier alpha value is -1.44. The maximum atomic E-state index is 11.3. The summed E-state index contributed by atoms with van der Waals surface area (Å²) in [6.45, 7) is -0.297. The highest BCUT2D eigenvalue weighted by molar-refractivity contribution is 14.1. The van der Waals surface area contributed by atoms with Crippen LogP contribution in [-0.4, -0.2) is 22.8 Å². The van der Waals surface area contributed by atoms with Gasteiger partial charge in [0.25, 0.3) is 5.91 Å². The minimum atomic E-state index is -0.521. The van der Waals surface area contributed by atoms with Crippen LogP contribution in [0.2, 0.25) is 0 Å². The molecule has 0 radical (unpaired) electrons. The van der Waals surface area contributed by atoms with E-state index in [0.717, 1.165) is 11.8 Å². The van der Waals surface area contributed by atoms with Crippen LogP contribution in [0.3, 0.4) is 0 Å². The van der Waals surface area contributed by atoms with Gasteiger partial charge < -0.3 is 14.8 Å². The molecule has 1 aromatic carbocycles. The van der Waals surface area contributed by atoms with E-state index in [4.69, 9.17) is 0 Å². The lowest BCUT2D eigenvalue weighted by molar-refractivity contribution is -0.118. The van der Waals surface area contributed by atoms with Crippen LogP contribution in [0, 0.1) is 0 Å². The smallest absolute Gasteiger partial charge is 0.367 e. The second-order valence-electron chi connectivity index (χ2n) is 3.48. The SMILES string of the molecule is O=CCCc1ccc(NC(=O)COC(=O)I)cc1. The topological polar surface area (TPSA) is 72.5 Å². The van der Waals surface area contributed by atoms with Crippen molar-refractivity contribution in [1.29, 1.82) is 0 Å². The zero-order valence-electron chi connectivity index (χ0n) is 9.52. The minimum absolute atomic E-state index is 0.297. The molecule has 18 heavy (non-hydrogen) atoms. The molecule has 0 aromatic heterocycles. The number of aldehydes is 1. The summed E-state index contributed by atoms with van der Waals surface area (Å²) in [5, 5.41) is 2.59. The molecule has 96 valence electrons. The Morgan fingerprint density at radius 1 is 1.28 bits per heavy atom. The molecule has 0 spiro atoms. The van der Waals surface area contributed by atoms with Crippen molar-refractivity contribution in [3.63, 3.8) is 0 Å². The van der Waals surface area contributed by atoms with Gasteiger partial charge in [-0.3, -0.25) is 4.79 Å². The number of carbonyl (C=O) groups excluding carboxylic acids is 3. The van der Waals surface area contributed by atoms with Crippen LogP contribution in [0.25, 0.3) is 0 Å². The molecule has 0 saturated carbocycles. The third-order valence-electron chi connectivity index (χ3n) is 2.11. The monoisotopic (exact) mass is 361 g/mol. The summed E-state index contributed by atoms with van der Waals surface area (Å²) < 4.78 is 4.03. The molecule has 0 heterocycles. The highest BCUT2D eigenvalue weighted by Crippen LogP contribution is 2.10. The van der Waals surface area contributed by atoms with Gasteiger partial charge in [-0.05, 0) is 24.1 Å². The number of rotatable bonds is 6. The highest BCUT2D eigenvalue weighted by Gasteiger charge is 2.04. The second-order valence-corrected chi connectivity index (χ2v) is 4.36. The Morgan fingerprint density at radius 2 is 1.94 bits per heavy atom. The lowest BCUT2D eigenvalue weighted by Crippen LogP contribution is -2.18. The average molecular weight is 361 g/mol. The van der Waals surface area contributed by atoms with E-state index in [-0.39, 0.29) is 12.5 Å². The molecule has 0 aliphatic carbocycles. The van der Waals surface area contributed by atoms with Crippen LogP contribution in [0.4, 0.5) is 10.5 Å². The van der Waals surface area contributed by atoms with Crippen molar-refractivity contribution in [2.45, 2.75) is 12.8 Å². The van der Waals surface area contributed by atoms with Gasteiger partial charge in [0.05, 0.1) is 22.6 Å². The number of hydrogen-bond acceptors (Lipinski definition) is 4. The van der Waals surface area contributed by atoms with Gasteiger partial charge in [0.2, 0.25) is 0 Å². The van der Waals surface area contributed by atoms with Crippen LogP contribution < -0.4 is 5.32 Å². The van der Waals surface area contributed by atoms with E-state index in [1.54, 1.807) is 12.1 Å². The first-order valence-electron chi connectivity index (χ1n) is 5.26. The highest BCUT2D eigenvalue weighted by atomic mass is 127. The van der Waals surface area contributed by atoms with E-state index >= 15 is 0 Å². The van der Waals surface area contributed by atoms with Gasteiger partial charge in [0.1, 0.15) is 6.29 Å². The predicted octanol–water partition coefficient (Wildman–Crippen LogP) is 2.33. The van der Waals surface area contributed by atoms with Crippen molar-refractivity contribution < 1.29 is 19.1 Å². The molecular weight excluding hydrogens is 349 g/mol. The maximum absolute atomic E-state index is 11.3. The van der Waals surface area contributed by atoms with Gasteiger partial charge in [-0.15, -0.1) is 0 Å². The third-order valence-corrected chi connectivity index (χ3v) is 2.42. The zero-order valence-corrected chi connectivity index (χ0v) is 11.7. The Bertz CT molecular complexity index is 430. The van der Waals surface area contributed by atoms with Gasteiger partial charge in [0.15, 0.2) is 6.61 Å². The largest absolute Gasteiger partial charge is 0.448 e. The molecule has 1 N–H and O–H groups in total. The quantitative estimate of drug-likeness (QED) is 0.480. The average Bonchev–Trinajstić information content (AvgIpc) is 2.35. The van der Waals surface area contributed by atoms with Crippen LogP contribution in [0.5, 0.6) is 0 Å². The molecule has 0 bridgehead atoms. The standard InChI is InChI=1S/C12H12INO4/c13-12(17)18-8-11(16)14-10-5-3-9(4-6-10)2-1-7-15/h3-7H,1-2,8H2,(H,14,16). The number of halogens is 1. The van der Waals surface area contributed by atoms with E-state index in [0.29, 0.717) is 18.5 Å². The number of nitrogens with one attached hydrogen (secondary N) is 1. The van der Waals surface area contributed by atoms with Crippen LogP contribution in [-0.2, 0) is 20.7 Å². The summed E-state index contributed by atoms with van der Waals surface area (Å²) in [7, 11) is 0. The molecule has 0 fully saturated rings. The predicted molar refractivity (Wildman–Crippen MR) is 74.8 cm³/mol. The molecule has 0 saturated heterocycles. The van der Waals surface area contributed by atoms with E-state index in [1.165, 1.54) is 22.6 Å². The molecule has 0 aliphatic heterocycles. The molecule has 1 amide bonds. The van der Waals surface area contributed by atoms with Crippen LogP contribution >= 0.6 is 22.6 Å². The molecule has 0 aliphatic rings. The van der Waals surface area contributed by atoms with Crippen molar-refractivity contribution in [1.82, 2.24) is 0 Å².